The predicted octanol–water partition coefficient (Wildman–Crippen LogP) is -0.893. The van der Waals surface area contributed by atoms with E-state index in [9.17, 15) is 15.0 Å². The number of allylic oxidation sites excluding steroid dienone is 1. The topological polar surface area (TPSA) is 111 Å². The molecule has 102 valence electrons. The van der Waals surface area contributed by atoms with E-state index in [1.807, 2.05) is 0 Å². The lowest BCUT2D eigenvalue weighted by atomic mass is 9.85. The molecule has 0 aromatic rings. The molecule has 0 aromatic carbocycles. The summed E-state index contributed by atoms with van der Waals surface area (Å²) in [5.41, 5.74) is -0.408. The summed E-state index contributed by atoms with van der Waals surface area (Å²) in [4.78, 5) is 14.5. The number of hydrogen-bond donors (Lipinski definition) is 4. The molecule has 7 heteroatoms. The van der Waals surface area contributed by atoms with Crippen LogP contribution in [-0.2, 0) is 9.53 Å². The Hall–Kier alpha value is -1.60. The van der Waals surface area contributed by atoms with Crippen LogP contribution in [0.15, 0.2) is 16.4 Å². The van der Waals surface area contributed by atoms with Crippen LogP contribution in [0.25, 0.3) is 0 Å². The molecule has 7 nitrogen and oxygen atoms in total. The van der Waals surface area contributed by atoms with Crippen LogP contribution in [0.4, 0.5) is 0 Å². The molecule has 0 radical (unpaired) electrons. The van der Waals surface area contributed by atoms with Crippen molar-refractivity contribution in [3.05, 3.63) is 11.5 Å². The van der Waals surface area contributed by atoms with E-state index < -0.39 is 18.2 Å². The van der Waals surface area contributed by atoms with Gasteiger partial charge in [-0.25, -0.2) is 0 Å². The zero-order valence-electron chi connectivity index (χ0n) is 10.4. The lowest BCUT2D eigenvalue weighted by Crippen LogP contribution is -2.44. The molecule has 0 heterocycles. The number of hydrogen-bond acceptors (Lipinski definition) is 6. The molecular formula is C11H18N2O5. The van der Waals surface area contributed by atoms with Gasteiger partial charge >= 0.3 is 5.97 Å². The molecule has 4 N–H and O–H groups in total. The van der Waals surface area contributed by atoms with Crippen LogP contribution < -0.4 is 5.32 Å². The van der Waals surface area contributed by atoms with Crippen molar-refractivity contribution in [1.29, 1.82) is 0 Å². The lowest BCUT2D eigenvalue weighted by molar-refractivity contribution is -0.135. The normalized spacial score (nSPS) is 26.3. The summed E-state index contributed by atoms with van der Waals surface area (Å²) in [6, 6.07) is 0. The van der Waals surface area contributed by atoms with E-state index in [1.165, 1.54) is 7.11 Å². The number of aliphatic carboxylic acids is 1. The van der Waals surface area contributed by atoms with Gasteiger partial charge in [-0.1, -0.05) is 0 Å². The lowest BCUT2D eigenvalue weighted by Gasteiger charge is -2.33. The number of rotatable bonds is 5. The molecule has 1 aliphatic carbocycles. The molecule has 0 amide bonds. The average molecular weight is 258 g/mol. The van der Waals surface area contributed by atoms with Crippen LogP contribution in [0.1, 0.15) is 12.8 Å². The maximum absolute atomic E-state index is 10.6. The number of nitrogens with one attached hydrogen (secondary N) is 1. The molecule has 0 fully saturated rings. The van der Waals surface area contributed by atoms with E-state index in [0.29, 0.717) is 17.2 Å². The third-order valence-electron chi connectivity index (χ3n) is 2.76. The number of nitrogens with zero attached hydrogens (tertiary/aromatic N) is 1. The fourth-order valence-corrected chi connectivity index (χ4v) is 1.90. The average Bonchev–Trinajstić information content (AvgIpc) is 2.35. The van der Waals surface area contributed by atoms with Gasteiger partial charge < -0.3 is 25.4 Å². The summed E-state index contributed by atoms with van der Waals surface area (Å²) in [5, 5.41) is 30.7. The summed E-state index contributed by atoms with van der Waals surface area (Å²) in [6.45, 7) is -0.720. The van der Waals surface area contributed by atoms with E-state index >= 15 is 0 Å². The first kappa shape index (κ1) is 14.5. The van der Waals surface area contributed by atoms with E-state index in [0.717, 1.165) is 0 Å². The summed E-state index contributed by atoms with van der Waals surface area (Å²) in [6.07, 6.45) is 0.264. The van der Waals surface area contributed by atoms with Crippen molar-refractivity contribution in [1.82, 2.24) is 5.32 Å². The Bertz CT molecular complexity index is 391. The van der Waals surface area contributed by atoms with Gasteiger partial charge in [-0.15, -0.1) is 0 Å². The Balaban J connectivity index is 3.03. The van der Waals surface area contributed by atoms with Crippen molar-refractivity contribution < 1.29 is 24.9 Å². The predicted molar refractivity (Wildman–Crippen MR) is 64.3 cm³/mol. The smallest absolute Gasteiger partial charge is 0.322 e. The van der Waals surface area contributed by atoms with Gasteiger partial charge in [0.15, 0.2) is 5.76 Å². The standard InChI is InChI=1S/C11H18N2O5/c1-12-7-3-11(17,6-14)4-8(10(7)18-2)13-5-9(15)16/h13-14,17H,3-6H2,1-2H3,(H,15,16). The summed E-state index contributed by atoms with van der Waals surface area (Å²) < 4.78 is 5.18. The Labute approximate surface area is 105 Å². The van der Waals surface area contributed by atoms with Crippen LogP contribution in [0.5, 0.6) is 0 Å². The van der Waals surface area contributed by atoms with Crippen LogP contribution >= 0.6 is 0 Å². The minimum atomic E-state index is -1.34. The Morgan fingerprint density at radius 1 is 1.56 bits per heavy atom. The third-order valence-corrected chi connectivity index (χ3v) is 2.76. The van der Waals surface area contributed by atoms with Gasteiger partial charge in [-0.3, -0.25) is 9.79 Å². The number of aliphatic hydroxyl groups is 2. The molecule has 0 saturated heterocycles. The number of carbonyl (C=O) groups is 1. The van der Waals surface area contributed by atoms with E-state index in [2.05, 4.69) is 10.3 Å². The highest BCUT2D eigenvalue weighted by molar-refractivity contribution is 6.00. The Morgan fingerprint density at radius 3 is 2.67 bits per heavy atom. The number of methoxy groups -OCH3 is 1. The fourth-order valence-electron chi connectivity index (χ4n) is 1.90. The second-order valence-electron chi connectivity index (χ2n) is 4.17. The molecule has 18 heavy (non-hydrogen) atoms. The Kier molecular flexibility index (Phi) is 4.69. The highest BCUT2D eigenvalue weighted by Crippen LogP contribution is 2.30. The van der Waals surface area contributed by atoms with Crippen molar-refractivity contribution in [3.8, 4) is 0 Å². The van der Waals surface area contributed by atoms with Crippen LogP contribution in [0, 0.1) is 0 Å². The summed E-state index contributed by atoms with van der Waals surface area (Å²) in [5.74, 6) is -0.595. The number of ether oxygens (including phenoxy) is 1. The maximum atomic E-state index is 10.6. The highest BCUT2D eigenvalue weighted by Gasteiger charge is 2.37. The third kappa shape index (κ3) is 3.21. The van der Waals surface area contributed by atoms with Gasteiger partial charge in [0.2, 0.25) is 0 Å². The minimum Gasteiger partial charge on any atom is -0.493 e. The molecule has 1 unspecified atom stereocenters. The largest absolute Gasteiger partial charge is 0.493 e. The van der Waals surface area contributed by atoms with Crippen molar-refractivity contribution in [2.45, 2.75) is 18.4 Å². The Morgan fingerprint density at radius 2 is 2.22 bits per heavy atom. The number of carboxylic acid groups (broad SMARTS) is 1. The number of aliphatic hydroxyl groups excluding tert-OH is 1. The van der Waals surface area contributed by atoms with Crippen LogP contribution in [-0.4, -0.2) is 59.9 Å². The fraction of sp³-hybridized carbons (Fsp3) is 0.636. The molecule has 0 bridgehead atoms. The molecule has 0 aliphatic heterocycles. The number of aliphatic imine (C=N–C) groups is 1. The zero-order valence-corrected chi connectivity index (χ0v) is 10.4. The minimum absolute atomic E-state index is 0.0962. The van der Waals surface area contributed by atoms with Crippen LogP contribution in [0.2, 0.25) is 0 Å². The highest BCUT2D eigenvalue weighted by atomic mass is 16.5. The monoisotopic (exact) mass is 258 g/mol. The van der Waals surface area contributed by atoms with Gasteiger partial charge in [0, 0.05) is 19.9 Å². The first-order valence-corrected chi connectivity index (χ1v) is 5.48. The maximum Gasteiger partial charge on any atom is 0.322 e. The zero-order chi connectivity index (χ0) is 13.8. The van der Waals surface area contributed by atoms with Gasteiger partial charge in [0.05, 0.1) is 30.7 Å². The molecule has 1 rings (SSSR count). The SMILES string of the molecule is CN=C1CC(O)(CO)CC(NCC(=O)O)=C1OC. The van der Waals surface area contributed by atoms with Gasteiger partial charge in [-0.05, 0) is 0 Å². The van der Waals surface area contributed by atoms with Crippen molar-refractivity contribution in [2.24, 2.45) is 4.99 Å². The molecule has 0 saturated carbocycles. The quantitative estimate of drug-likeness (QED) is 0.509. The summed E-state index contributed by atoms with van der Waals surface area (Å²) in [7, 11) is 3.00. The van der Waals surface area contributed by atoms with Crippen molar-refractivity contribution in [3.63, 3.8) is 0 Å². The first-order chi connectivity index (χ1) is 8.45. The molecule has 1 atom stereocenters. The second kappa shape index (κ2) is 5.83. The first-order valence-electron chi connectivity index (χ1n) is 5.48. The molecule has 0 spiro atoms. The molecular weight excluding hydrogens is 240 g/mol. The van der Waals surface area contributed by atoms with Crippen LogP contribution in [0.3, 0.4) is 0 Å². The van der Waals surface area contributed by atoms with E-state index in [1.54, 1.807) is 7.05 Å². The second-order valence-corrected chi connectivity index (χ2v) is 4.17. The molecule has 0 aromatic heterocycles. The number of carboxylic acids is 1. The summed E-state index contributed by atoms with van der Waals surface area (Å²) >= 11 is 0. The van der Waals surface area contributed by atoms with E-state index in [-0.39, 0.29) is 19.4 Å². The van der Waals surface area contributed by atoms with Gasteiger partial charge in [-0.2, -0.15) is 0 Å². The van der Waals surface area contributed by atoms with Crippen molar-refractivity contribution in [2.75, 3.05) is 27.3 Å². The van der Waals surface area contributed by atoms with Gasteiger partial charge in [0.1, 0.15) is 6.54 Å². The van der Waals surface area contributed by atoms with Gasteiger partial charge in [0.25, 0.3) is 0 Å². The molecule has 1 aliphatic rings. The van der Waals surface area contributed by atoms with E-state index in [4.69, 9.17) is 9.84 Å². The van der Waals surface area contributed by atoms with Crippen molar-refractivity contribution >= 4 is 11.7 Å².